The maximum atomic E-state index is 12.4. The van der Waals surface area contributed by atoms with Gasteiger partial charge in [0.2, 0.25) is 0 Å². The van der Waals surface area contributed by atoms with E-state index in [1.54, 1.807) is 4.90 Å². The van der Waals surface area contributed by atoms with Gasteiger partial charge in [-0.3, -0.25) is 4.79 Å². The van der Waals surface area contributed by atoms with Crippen molar-refractivity contribution in [1.29, 1.82) is 0 Å². The second kappa shape index (κ2) is 8.47. The summed E-state index contributed by atoms with van der Waals surface area (Å²) in [5, 5.41) is 0. The number of nitrogens with zero attached hydrogens (tertiary/aromatic N) is 1. The van der Waals surface area contributed by atoms with Gasteiger partial charge < -0.3 is 9.64 Å². The summed E-state index contributed by atoms with van der Waals surface area (Å²) in [5.41, 5.74) is 0.223. The number of amides is 1. The summed E-state index contributed by atoms with van der Waals surface area (Å²) < 4.78 is 28.0. The highest BCUT2D eigenvalue weighted by molar-refractivity contribution is 7.90. The molecule has 2 rings (SSSR count). The van der Waals surface area contributed by atoms with Crippen molar-refractivity contribution in [1.82, 2.24) is 4.90 Å². The molecular formula is C18H25NO5S. The zero-order chi connectivity index (χ0) is 18.4. The van der Waals surface area contributed by atoms with E-state index < -0.39 is 15.8 Å². The van der Waals surface area contributed by atoms with Crippen LogP contribution in [0.15, 0.2) is 29.2 Å². The van der Waals surface area contributed by atoms with Gasteiger partial charge in [-0.2, -0.15) is 0 Å². The molecule has 0 bridgehead atoms. The zero-order valence-corrected chi connectivity index (χ0v) is 15.5. The third-order valence-corrected chi connectivity index (χ3v) is 5.65. The molecule has 1 amide bonds. The highest BCUT2D eigenvalue weighted by Crippen LogP contribution is 2.22. The molecule has 6 nitrogen and oxygen atoms in total. The first-order valence-corrected chi connectivity index (χ1v) is 10.5. The molecule has 1 aromatic carbocycles. The van der Waals surface area contributed by atoms with Crippen LogP contribution in [-0.4, -0.2) is 50.6 Å². The summed E-state index contributed by atoms with van der Waals surface area (Å²) in [6.07, 6.45) is 6.56. The maximum Gasteiger partial charge on any atom is 0.338 e. The Morgan fingerprint density at radius 1 is 1.12 bits per heavy atom. The van der Waals surface area contributed by atoms with Crippen LogP contribution in [-0.2, 0) is 19.4 Å². The van der Waals surface area contributed by atoms with Gasteiger partial charge in [0, 0.05) is 18.8 Å². The van der Waals surface area contributed by atoms with E-state index in [4.69, 9.17) is 4.74 Å². The van der Waals surface area contributed by atoms with Gasteiger partial charge in [0.1, 0.15) is 0 Å². The molecule has 0 aromatic heterocycles. The molecule has 0 aliphatic heterocycles. The summed E-state index contributed by atoms with van der Waals surface area (Å²) >= 11 is 0. The summed E-state index contributed by atoms with van der Waals surface area (Å²) in [7, 11) is -3.31. The Kier molecular flexibility index (Phi) is 6.58. The molecule has 7 heteroatoms. The number of carbonyl (C=O) groups excluding carboxylic acids is 2. The predicted octanol–water partition coefficient (Wildman–Crippen LogP) is 2.43. The SMILES string of the molecule is CCN(C(=O)COC(=O)c1ccc(S(C)(=O)=O)cc1)C1CCCCC1. The number of sulfone groups is 1. The molecule has 138 valence electrons. The predicted molar refractivity (Wildman–Crippen MR) is 94.1 cm³/mol. The van der Waals surface area contributed by atoms with Crippen LogP contribution in [0.1, 0.15) is 49.4 Å². The Balaban J connectivity index is 1.92. The quantitative estimate of drug-likeness (QED) is 0.722. The van der Waals surface area contributed by atoms with E-state index in [1.807, 2.05) is 6.92 Å². The Hall–Kier alpha value is -1.89. The van der Waals surface area contributed by atoms with Gasteiger partial charge in [-0.05, 0) is 44.0 Å². The van der Waals surface area contributed by atoms with Crippen molar-refractivity contribution in [2.75, 3.05) is 19.4 Å². The van der Waals surface area contributed by atoms with E-state index >= 15 is 0 Å². The minimum Gasteiger partial charge on any atom is -0.452 e. The normalized spacial score (nSPS) is 15.6. The van der Waals surface area contributed by atoms with Gasteiger partial charge in [0.25, 0.3) is 5.91 Å². The molecule has 25 heavy (non-hydrogen) atoms. The van der Waals surface area contributed by atoms with Crippen molar-refractivity contribution in [3.05, 3.63) is 29.8 Å². The van der Waals surface area contributed by atoms with Gasteiger partial charge in [-0.1, -0.05) is 19.3 Å². The van der Waals surface area contributed by atoms with Gasteiger partial charge in [0.15, 0.2) is 16.4 Å². The molecule has 0 unspecified atom stereocenters. The average molecular weight is 367 g/mol. The van der Waals surface area contributed by atoms with E-state index in [0.717, 1.165) is 31.9 Å². The fourth-order valence-corrected chi connectivity index (χ4v) is 3.79. The standard InChI is InChI=1S/C18H25NO5S/c1-3-19(15-7-5-4-6-8-15)17(20)13-24-18(21)14-9-11-16(12-10-14)25(2,22)23/h9-12,15H,3-8,13H2,1-2H3. The van der Waals surface area contributed by atoms with Gasteiger partial charge in [0.05, 0.1) is 10.5 Å². The number of esters is 1. The van der Waals surface area contributed by atoms with Gasteiger partial charge in [-0.25, -0.2) is 13.2 Å². The number of rotatable bonds is 6. The molecule has 0 spiro atoms. The van der Waals surface area contributed by atoms with E-state index in [1.165, 1.54) is 30.7 Å². The lowest BCUT2D eigenvalue weighted by Gasteiger charge is -2.33. The van der Waals surface area contributed by atoms with Crippen molar-refractivity contribution in [2.24, 2.45) is 0 Å². The van der Waals surface area contributed by atoms with Crippen molar-refractivity contribution < 1.29 is 22.7 Å². The zero-order valence-electron chi connectivity index (χ0n) is 14.7. The van der Waals surface area contributed by atoms with Gasteiger partial charge >= 0.3 is 5.97 Å². The Bertz CT molecular complexity index is 705. The minimum absolute atomic E-state index is 0.134. The summed E-state index contributed by atoms with van der Waals surface area (Å²) in [6, 6.07) is 5.73. The number of hydrogen-bond donors (Lipinski definition) is 0. The molecule has 0 heterocycles. The van der Waals surface area contributed by atoms with Crippen LogP contribution in [0.5, 0.6) is 0 Å². The topological polar surface area (TPSA) is 80.8 Å². The Morgan fingerprint density at radius 3 is 2.24 bits per heavy atom. The van der Waals surface area contributed by atoms with Crippen LogP contribution in [0.4, 0.5) is 0 Å². The third kappa shape index (κ3) is 5.29. The smallest absolute Gasteiger partial charge is 0.338 e. The highest BCUT2D eigenvalue weighted by atomic mass is 32.2. The van der Waals surface area contributed by atoms with Crippen LogP contribution in [0, 0.1) is 0 Å². The lowest BCUT2D eigenvalue weighted by molar-refractivity contribution is -0.137. The molecule has 1 aliphatic rings. The molecular weight excluding hydrogens is 342 g/mol. The van der Waals surface area contributed by atoms with E-state index in [0.29, 0.717) is 6.54 Å². The number of likely N-dealkylation sites (N-methyl/N-ethyl adjacent to an activating group) is 1. The fourth-order valence-electron chi connectivity index (χ4n) is 3.16. The minimum atomic E-state index is -3.31. The third-order valence-electron chi connectivity index (χ3n) is 4.52. The molecule has 1 fully saturated rings. The largest absolute Gasteiger partial charge is 0.452 e. The average Bonchev–Trinajstić information content (AvgIpc) is 2.60. The Labute approximate surface area is 149 Å². The molecule has 1 aliphatic carbocycles. The summed E-state index contributed by atoms with van der Waals surface area (Å²) in [5.74, 6) is -0.816. The first-order valence-electron chi connectivity index (χ1n) is 8.59. The van der Waals surface area contributed by atoms with Crippen molar-refractivity contribution in [3.8, 4) is 0 Å². The van der Waals surface area contributed by atoms with Crippen molar-refractivity contribution in [2.45, 2.75) is 50.0 Å². The monoisotopic (exact) mass is 367 g/mol. The summed E-state index contributed by atoms with van der Waals surface area (Å²) in [6.45, 7) is 2.24. The number of ether oxygens (including phenoxy) is 1. The van der Waals surface area contributed by atoms with Crippen LogP contribution in [0.25, 0.3) is 0 Å². The van der Waals surface area contributed by atoms with Crippen LogP contribution >= 0.6 is 0 Å². The fraction of sp³-hybridized carbons (Fsp3) is 0.556. The number of hydrogen-bond acceptors (Lipinski definition) is 5. The van der Waals surface area contributed by atoms with Crippen LogP contribution in [0.3, 0.4) is 0 Å². The molecule has 0 radical (unpaired) electrons. The van der Waals surface area contributed by atoms with E-state index in [2.05, 4.69) is 0 Å². The molecule has 0 saturated heterocycles. The number of benzene rings is 1. The molecule has 1 saturated carbocycles. The molecule has 0 N–H and O–H groups in total. The lowest BCUT2D eigenvalue weighted by Crippen LogP contribution is -2.43. The lowest BCUT2D eigenvalue weighted by atomic mass is 9.94. The van der Waals surface area contributed by atoms with E-state index in [9.17, 15) is 18.0 Å². The van der Waals surface area contributed by atoms with E-state index in [-0.39, 0.29) is 29.0 Å². The first-order chi connectivity index (χ1) is 11.8. The van der Waals surface area contributed by atoms with Crippen LogP contribution in [0.2, 0.25) is 0 Å². The number of carbonyl (C=O) groups is 2. The van der Waals surface area contributed by atoms with Crippen molar-refractivity contribution >= 4 is 21.7 Å². The highest BCUT2D eigenvalue weighted by Gasteiger charge is 2.25. The van der Waals surface area contributed by atoms with Crippen LogP contribution < -0.4 is 0 Å². The van der Waals surface area contributed by atoms with Gasteiger partial charge in [-0.15, -0.1) is 0 Å². The molecule has 1 aromatic rings. The Morgan fingerprint density at radius 2 is 1.72 bits per heavy atom. The molecule has 0 atom stereocenters. The maximum absolute atomic E-state index is 12.4. The second-order valence-electron chi connectivity index (χ2n) is 6.34. The second-order valence-corrected chi connectivity index (χ2v) is 8.36. The van der Waals surface area contributed by atoms with Crippen molar-refractivity contribution in [3.63, 3.8) is 0 Å². The summed E-state index contributed by atoms with van der Waals surface area (Å²) in [4.78, 5) is 26.3. The first kappa shape index (κ1) is 19.4.